The summed E-state index contributed by atoms with van der Waals surface area (Å²) in [5.74, 6) is 0. The second-order valence-corrected chi connectivity index (χ2v) is 5.56. The van der Waals surface area contributed by atoms with Crippen molar-refractivity contribution in [1.82, 2.24) is 5.32 Å². The van der Waals surface area contributed by atoms with E-state index < -0.39 is 0 Å². The molecule has 0 amide bonds. The molecule has 0 aliphatic carbocycles. The van der Waals surface area contributed by atoms with Crippen LogP contribution in [0.2, 0.25) is 0 Å². The lowest BCUT2D eigenvalue weighted by molar-refractivity contribution is 0.130. The van der Waals surface area contributed by atoms with Crippen molar-refractivity contribution in [3.63, 3.8) is 0 Å². The smallest absolute Gasteiger partial charge is 0.0178 e. The standard InChI is InChI=1S/C12H27N/c1-8-9-11(4,5)12(6,7)13-10(2)3/h10,13H,8-9H2,1-7H3. The maximum absolute atomic E-state index is 3.64. The monoisotopic (exact) mass is 185 g/mol. The quantitative estimate of drug-likeness (QED) is 0.690. The van der Waals surface area contributed by atoms with Crippen LogP contribution in [-0.2, 0) is 0 Å². The highest BCUT2D eigenvalue weighted by Crippen LogP contribution is 2.35. The molecule has 0 radical (unpaired) electrons. The van der Waals surface area contributed by atoms with Crippen molar-refractivity contribution >= 4 is 0 Å². The molecule has 0 saturated carbocycles. The third kappa shape index (κ3) is 3.68. The van der Waals surface area contributed by atoms with E-state index in [0.717, 1.165) is 0 Å². The minimum Gasteiger partial charge on any atom is -0.309 e. The molecule has 0 saturated heterocycles. The van der Waals surface area contributed by atoms with Crippen molar-refractivity contribution in [3.05, 3.63) is 0 Å². The highest BCUT2D eigenvalue weighted by Gasteiger charge is 2.35. The average molecular weight is 185 g/mol. The van der Waals surface area contributed by atoms with Crippen LogP contribution >= 0.6 is 0 Å². The van der Waals surface area contributed by atoms with E-state index in [4.69, 9.17) is 0 Å². The van der Waals surface area contributed by atoms with Crippen LogP contribution in [0.4, 0.5) is 0 Å². The van der Waals surface area contributed by atoms with Crippen LogP contribution in [0.25, 0.3) is 0 Å². The van der Waals surface area contributed by atoms with Gasteiger partial charge in [-0.2, -0.15) is 0 Å². The maximum atomic E-state index is 3.64. The third-order valence-electron chi connectivity index (χ3n) is 3.22. The van der Waals surface area contributed by atoms with Gasteiger partial charge in [-0.05, 0) is 25.7 Å². The van der Waals surface area contributed by atoms with E-state index in [-0.39, 0.29) is 5.54 Å². The molecule has 0 atom stereocenters. The summed E-state index contributed by atoms with van der Waals surface area (Å²) in [6, 6.07) is 0.561. The lowest BCUT2D eigenvalue weighted by Crippen LogP contribution is -2.53. The number of hydrogen-bond acceptors (Lipinski definition) is 1. The van der Waals surface area contributed by atoms with Gasteiger partial charge < -0.3 is 5.32 Å². The Morgan fingerprint density at radius 2 is 1.54 bits per heavy atom. The molecular formula is C12H27N. The zero-order valence-electron chi connectivity index (χ0n) is 10.5. The molecule has 0 aromatic carbocycles. The first-order chi connectivity index (χ1) is 5.73. The Morgan fingerprint density at radius 3 is 1.85 bits per heavy atom. The normalized spacial score (nSPS) is 13.8. The summed E-state index contributed by atoms with van der Waals surface area (Å²) >= 11 is 0. The molecule has 0 bridgehead atoms. The first kappa shape index (κ1) is 13.0. The highest BCUT2D eigenvalue weighted by atomic mass is 15.0. The van der Waals surface area contributed by atoms with Crippen LogP contribution in [0.15, 0.2) is 0 Å². The molecule has 1 N–H and O–H groups in total. The van der Waals surface area contributed by atoms with Crippen LogP contribution in [-0.4, -0.2) is 11.6 Å². The van der Waals surface area contributed by atoms with E-state index in [1.165, 1.54) is 12.8 Å². The van der Waals surface area contributed by atoms with Crippen molar-refractivity contribution in [2.24, 2.45) is 5.41 Å². The minimum atomic E-state index is 0.219. The molecule has 0 fully saturated rings. The van der Waals surface area contributed by atoms with Crippen LogP contribution in [0.1, 0.15) is 61.3 Å². The first-order valence-corrected chi connectivity index (χ1v) is 5.50. The molecule has 1 heteroatoms. The molecule has 0 spiro atoms. The van der Waals surface area contributed by atoms with Gasteiger partial charge in [-0.1, -0.05) is 41.0 Å². The summed E-state index contributed by atoms with van der Waals surface area (Å²) in [4.78, 5) is 0. The van der Waals surface area contributed by atoms with Crippen molar-refractivity contribution in [1.29, 1.82) is 0 Å². The summed E-state index contributed by atoms with van der Waals surface area (Å²) in [6.45, 7) is 16.0. The Balaban J connectivity index is 4.40. The summed E-state index contributed by atoms with van der Waals surface area (Å²) in [7, 11) is 0. The molecule has 0 aromatic heterocycles. The Morgan fingerprint density at radius 1 is 1.08 bits per heavy atom. The molecule has 80 valence electrons. The van der Waals surface area contributed by atoms with E-state index in [1.807, 2.05) is 0 Å². The van der Waals surface area contributed by atoms with Crippen LogP contribution in [0.3, 0.4) is 0 Å². The van der Waals surface area contributed by atoms with Gasteiger partial charge in [-0.15, -0.1) is 0 Å². The van der Waals surface area contributed by atoms with Gasteiger partial charge in [0, 0.05) is 11.6 Å². The topological polar surface area (TPSA) is 12.0 Å². The Bertz CT molecular complexity index is 145. The molecule has 0 unspecified atom stereocenters. The molecule has 13 heavy (non-hydrogen) atoms. The van der Waals surface area contributed by atoms with Crippen LogP contribution in [0.5, 0.6) is 0 Å². The van der Waals surface area contributed by atoms with Gasteiger partial charge in [-0.25, -0.2) is 0 Å². The van der Waals surface area contributed by atoms with Gasteiger partial charge in [0.2, 0.25) is 0 Å². The molecule has 0 rings (SSSR count). The Hall–Kier alpha value is -0.0400. The van der Waals surface area contributed by atoms with Gasteiger partial charge in [0.1, 0.15) is 0 Å². The molecular weight excluding hydrogens is 158 g/mol. The predicted molar refractivity (Wildman–Crippen MR) is 61.0 cm³/mol. The van der Waals surface area contributed by atoms with Gasteiger partial charge in [-0.3, -0.25) is 0 Å². The second kappa shape index (κ2) is 4.45. The largest absolute Gasteiger partial charge is 0.309 e. The van der Waals surface area contributed by atoms with Crippen molar-refractivity contribution in [3.8, 4) is 0 Å². The van der Waals surface area contributed by atoms with Crippen LogP contribution in [0, 0.1) is 5.41 Å². The van der Waals surface area contributed by atoms with Gasteiger partial charge in [0.05, 0.1) is 0 Å². The van der Waals surface area contributed by atoms with E-state index in [1.54, 1.807) is 0 Å². The molecule has 0 aromatic rings. The van der Waals surface area contributed by atoms with Gasteiger partial charge in [0.15, 0.2) is 0 Å². The first-order valence-electron chi connectivity index (χ1n) is 5.50. The average Bonchev–Trinajstić information content (AvgIpc) is 1.82. The van der Waals surface area contributed by atoms with Crippen LogP contribution < -0.4 is 5.32 Å². The number of nitrogens with one attached hydrogen (secondary N) is 1. The predicted octanol–water partition coefficient (Wildman–Crippen LogP) is 3.59. The molecule has 0 aliphatic heterocycles. The molecule has 0 heterocycles. The second-order valence-electron chi connectivity index (χ2n) is 5.56. The van der Waals surface area contributed by atoms with E-state index in [9.17, 15) is 0 Å². The molecule has 1 nitrogen and oxygen atoms in total. The number of hydrogen-bond donors (Lipinski definition) is 1. The lowest BCUT2D eigenvalue weighted by Gasteiger charge is -2.44. The van der Waals surface area contributed by atoms with Crippen molar-refractivity contribution in [2.75, 3.05) is 0 Å². The van der Waals surface area contributed by atoms with Gasteiger partial charge in [0.25, 0.3) is 0 Å². The Kier molecular flexibility index (Phi) is 4.44. The lowest BCUT2D eigenvalue weighted by atomic mass is 9.71. The Labute approximate surface area is 84.3 Å². The summed E-state index contributed by atoms with van der Waals surface area (Å²) in [5.41, 5.74) is 0.587. The fourth-order valence-electron chi connectivity index (χ4n) is 1.85. The zero-order chi connectivity index (χ0) is 10.7. The van der Waals surface area contributed by atoms with Crippen molar-refractivity contribution in [2.45, 2.75) is 72.9 Å². The molecule has 0 aliphatic rings. The zero-order valence-corrected chi connectivity index (χ0v) is 10.5. The van der Waals surface area contributed by atoms with E-state index in [2.05, 4.69) is 53.8 Å². The highest BCUT2D eigenvalue weighted by molar-refractivity contribution is 4.93. The fraction of sp³-hybridized carbons (Fsp3) is 1.00. The summed E-state index contributed by atoms with van der Waals surface area (Å²) in [6.07, 6.45) is 2.54. The SMILES string of the molecule is CCCC(C)(C)C(C)(C)NC(C)C. The van der Waals surface area contributed by atoms with Crippen molar-refractivity contribution < 1.29 is 0 Å². The fourth-order valence-corrected chi connectivity index (χ4v) is 1.85. The third-order valence-corrected chi connectivity index (χ3v) is 3.22. The summed E-state index contributed by atoms with van der Waals surface area (Å²) < 4.78 is 0. The van der Waals surface area contributed by atoms with E-state index >= 15 is 0 Å². The number of rotatable bonds is 5. The maximum Gasteiger partial charge on any atom is 0.0178 e. The van der Waals surface area contributed by atoms with Gasteiger partial charge >= 0.3 is 0 Å². The summed E-state index contributed by atoms with van der Waals surface area (Å²) in [5, 5.41) is 3.64. The van der Waals surface area contributed by atoms with E-state index in [0.29, 0.717) is 11.5 Å². The minimum absolute atomic E-state index is 0.219.